The third kappa shape index (κ3) is 22.1. The van der Waals surface area contributed by atoms with Crippen molar-refractivity contribution in [1.29, 1.82) is 0 Å². The van der Waals surface area contributed by atoms with Crippen LogP contribution in [-0.4, -0.2) is 22.3 Å². The monoisotopic (exact) mass is 884 g/mol. The first-order valence-electron chi connectivity index (χ1n) is 21.7. The van der Waals surface area contributed by atoms with E-state index in [9.17, 15) is 0 Å². The number of hydrogen-bond donors (Lipinski definition) is 0. The highest BCUT2D eigenvalue weighted by atomic mass is 79.9. The minimum absolute atomic E-state index is 0. The van der Waals surface area contributed by atoms with Gasteiger partial charge in [0.05, 0.1) is 26.3 Å². The van der Waals surface area contributed by atoms with E-state index in [-0.39, 0.29) is 34.0 Å². The Balaban J connectivity index is 0.00000523. The summed E-state index contributed by atoms with van der Waals surface area (Å²) in [6, 6.07) is 17.3. The maximum absolute atomic E-state index is 6.02. The second-order valence-corrected chi connectivity index (χ2v) is 15.3. The molecule has 0 aliphatic rings. The quantitative estimate of drug-likeness (QED) is 0.0470. The van der Waals surface area contributed by atoms with Crippen molar-refractivity contribution in [2.75, 3.05) is 13.2 Å². The van der Waals surface area contributed by atoms with Crippen LogP contribution in [0.15, 0.2) is 86.0 Å². The molecule has 0 spiro atoms. The predicted octanol–water partition coefficient (Wildman–Crippen LogP) is 5.66. The van der Waals surface area contributed by atoms with Crippen molar-refractivity contribution >= 4 is 0 Å². The molecule has 0 aliphatic carbocycles. The van der Waals surface area contributed by atoms with Crippen LogP contribution in [0.4, 0.5) is 0 Å². The van der Waals surface area contributed by atoms with Gasteiger partial charge in [0.15, 0.2) is 0 Å². The Kier molecular flexibility index (Phi) is 27.8. The minimum atomic E-state index is 0. The van der Waals surface area contributed by atoms with Gasteiger partial charge in [-0.15, -0.1) is 0 Å². The highest BCUT2D eigenvalue weighted by molar-refractivity contribution is 5.27. The summed E-state index contributed by atoms with van der Waals surface area (Å²) in [4.78, 5) is 0. The Labute approximate surface area is 356 Å². The van der Waals surface area contributed by atoms with Crippen LogP contribution in [0.25, 0.3) is 0 Å². The highest BCUT2D eigenvalue weighted by Gasteiger charge is 2.09. The number of halogens is 2. The average molecular weight is 887 g/mol. The van der Waals surface area contributed by atoms with Crippen LogP contribution in [0.3, 0.4) is 0 Å². The van der Waals surface area contributed by atoms with E-state index >= 15 is 0 Å². The molecule has 0 atom stereocenters. The molecule has 0 saturated heterocycles. The third-order valence-corrected chi connectivity index (χ3v) is 10.4. The molecule has 0 bridgehead atoms. The summed E-state index contributed by atoms with van der Waals surface area (Å²) in [6.07, 6.45) is 41.3. The predicted molar refractivity (Wildman–Crippen MR) is 220 cm³/mol. The molecule has 2 heterocycles. The SMILES string of the molecule is CCCCCCCCCCCCOc1ccc(C[n+]2ccn(CCCn3cc[n+](Cc4ccc(OCCCCCCCCCCCC)cc4)c3)c2)cc1.[Br-].[Br-]. The molecular weight excluding hydrogens is 812 g/mol. The molecule has 0 aliphatic heterocycles. The highest BCUT2D eigenvalue weighted by Crippen LogP contribution is 2.16. The van der Waals surface area contributed by atoms with Gasteiger partial charge in [-0.05, 0) is 48.2 Å². The van der Waals surface area contributed by atoms with E-state index in [0.29, 0.717) is 0 Å². The van der Waals surface area contributed by atoms with Crippen LogP contribution in [0.2, 0.25) is 0 Å². The van der Waals surface area contributed by atoms with Gasteiger partial charge in [-0.2, -0.15) is 0 Å². The summed E-state index contributed by atoms with van der Waals surface area (Å²) in [5.41, 5.74) is 2.59. The summed E-state index contributed by atoms with van der Waals surface area (Å²) in [6.45, 7) is 9.94. The second kappa shape index (κ2) is 31.5. The Bertz CT molecular complexity index is 1340. The van der Waals surface area contributed by atoms with E-state index in [1.54, 1.807) is 0 Å². The first-order valence-corrected chi connectivity index (χ1v) is 21.7. The molecule has 0 fully saturated rings. The lowest BCUT2D eigenvalue weighted by Crippen LogP contribution is -3.00. The maximum atomic E-state index is 6.02. The Morgan fingerprint density at radius 1 is 0.418 bits per heavy atom. The van der Waals surface area contributed by atoms with Crippen molar-refractivity contribution in [2.24, 2.45) is 0 Å². The fourth-order valence-electron chi connectivity index (χ4n) is 7.13. The standard InChI is InChI=1S/C47H74N4O2.2BrH/c1-3-5-7-9-11-13-15-17-19-21-38-52-46-28-24-44(25-29-46)40-50-36-34-48(42-50)32-23-33-49-35-37-51(43-49)41-45-26-30-47(31-27-45)53-39-22-20-18-16-14-12-10-8-6-4-2;;/h24-31,34-37,42-43H,3-23,32-33,38-41H2,1-2H3;2*1H/q+2;;/p-2. The van der Waals surface area contributed by atoms with E-state index in [1.807, 2.05) is 0 Å². The molecule has 8 heteroatoms. The smallest absolute Gasteiger partial charge is 0.244 e. The van der Waals surface area contributed by atoms with Gasteiger partial charge >= 0.3 is 0 Å². The molecule has 0 radical (unpaired) electrons. The first kappa shape index (κ1) is 48.6. The summed E-state index contributed by atoms with van der Waals surface area (Å²) in [7, 11) is 0. The molecule has 0 saturated carbocycles. The molecule has 0 amide bonds. The van der Waals surface area contributed by atoms with Crippen LogP contribution < -0.4 is 52.6 Å². The summed E-state index contributed by atoms with van der Waals surface area (Å²) in [5.74, 6) is 1.97. The molecule has 6 nitrogen and oxygen atoms in total. The Morgan fingerprint density at radius 3 is 1.09 bits per heavy atom. The zero-order valence-corrected chi connectivity index (χ0v) is 37.7. The molecule has 2 aromatic carbocycles. The van der Waals surface area contributed by atoms with Crippen LogP contribution in [0.1, 0.15) is 160 Å². The summed E-state index contributed by atoms with van der Waals surface area (Å²) < 4.78 is 21.1. The fraction of sp³-hybridized carbons (Fsp3) is 0.617. The van der Waals surface area contributed by atoms with E-state index in [0.717, 1.165) is 70.2 Å². The number of imidazole rings is 2. The molecule has 4 aromatic rings. The van der Waals surface area contributed by atoms with Gasteiger partial charge in [-0.25, -0.2) is 18.3 Å². The number of nitrogens with zero attached hydrogens (tertiary/aromatic N) is 4. The molecule has 4 rings (SSSR count). The largest absolute Gasteiger partial charge is 1.00 e. The van der Waals surface area contributed by atoms with Gasteiger partial charge in [0.1, 0.15) is 49.4 Å². The van der Waals surface area contributed by atoms with Crippen LogP contribution >= 0.6 is 0 Å². The van der Waals surface area contributed by atoms with Crippen LogP contribution in [0.5, 0.6) is 11.5 Å². The van der Waals surface area contributed by atoms with E-state index < -0.39 is 0 Å². The van der Waals surface area contributed by atoms with Gasteiger partial charge in [0.2, 0.25) is 12.7 Å². The van der Waals surface area contributed by atoms with Gasteiger partial charge in [-0.3, -0.25) is 0 Å². The number of benzene rings is 2. The van der Waals surface area contributed by atoms with E-state index in [1.165, 1.54) is 127 Å². The summed E-state index contributed by atoms with van der Waals surface area (Å²) >= 11 is 0. The van der Waals surface area contributed by atoms with E-state index in [4.69, 9.17) is 9.47 Å². The molecule has 2 aromatic heterocycles. The summed E-state index contributed by atoms with van der Waals surface area (Å²) in [5, 5.41) is 0. The van der Waals surface area contributed by atoms with Crippen molar-refractivity contribution in [2.45, 2.75) is 175 Å². The van der Waals surface area contributed by atoms with Gasteiger partial charge in [0, 0.05) is 6.42 Å². The first-order chi connectivity index (χ1) is 26.2. The number of hydrogen-bond acceptors (Lipinski definition) is 2. The number of ether oxygens (including phenoxy) is 2. The lowest BCUT2D eigenvalue weighted by Gasteiger charge is -2.07. The van der Waals surface area contributed by atoms with Crippen LogP contribution in [-0.2, 0) is 26.2 Å². The number of rotatable bonds is 32. The van der Waals surface area contributed by atoms with E-state index in [2.05, 4.69) is 118 Å². The second-order valence-electron chi connectivity index (χ2n) is 15.3. The van der Waals surface area contributed by atoms with Crippen molar-refractivity contribution in [3.05, 3.63) is 97.1 Å². The van der Waals surface area contributed by atoms with Gasteiger partial charge in [-0.1, -0.05) is 154 Å². The Morgan fingerprint density at radius 2 is 0.745 bits per heavy atom. The van der Waals surface area contributed by atoms with Gasteiger partial charge in [0.25, 0.3) is 0 Å². The molecule has 55 heavy (non-hydrogen) atoms. The minimum Gasteiger partial charge on any atom is -1.00 e. The third-order valence-electron chi connectivity index (χ3n) is 10.4. The number of aromatic nitrogens is 4. The fourth-order valence-corrected chi connectivity index (χ4v) is 7.13. The zero-order chi connectivity index (χ0) is 37.0. The topological polar surface area (TPSA) is 36.1 Å². The van der Waals surface area contributed by atoms with Crippen molar-refractivity contribution in [1.82, 2.24) is 9.13 Å². The normalized spacial score (nSPS) is 10.9. The van der Waals surface area contributed by atoms with Crippen molar-refractivity contribution in [3.63, 3.8) is 0 Å². The molecule has 0 unspecified atom stereocenters. The molecule has 0 N–H and O–H groups in total. The number of unbranched alkanes of at least 4 members (excludes halogenated alkanes) is 18. The number of aryl methyl sites for hydroxylation is 2. The maximum Gasteiger partial charge on any atom is 0.244 e. The average Bonchev–Trinajstić information content (AvgIpc) is 3.83. The van der Waals surface area contributed by atoms with Crippen molar-refractivity contribution < 1.29 is 52.6 Å². The van der Waals surface area contributed by atoms with Gasteiger partial charge < -0.3 is 43.4 Å². The van der Waals surface area contributed by atoms with Crippen LogP contribution in [0, 0.1) is 0 Å². The Hall–Kier alpha value is -2.58. The lowest BCUT2D eigenvalue weighted by atomic mass is 10.1. The van der Waals surface area contributed by atoms with Crippen molar-refractivity contribution in [3.8, 4) is 11.5 Å². The molecule has 308 valence electrons. The zero-order valence-electron chi connectivity index (χ0n) is 34.5. The molecular formula is C47H74Br2N4O2. The lowest BCUT2D eigenvalue weighted by molar-refractivity contribution is -0.687.